The zero-order chi connectivity index (χ0) is 18.9. The van der Waals surface area contributed by atoms with Crippen LogP contribution in [-0.4, -0.2) is 17.7 Å². The third-order valence-electron chi connectivity index (χ3n) is 3.85. The molecule has 1 aliphatic heterocycles. The molecule has 0 aliphatic carbocycles. The van der Waals surface area contributed by atoms with E-state index in [0.29, 0.717) is 17.7 Å². The van der Waals surface area contributed by atoms with Gasteiger partial charge in [0.15, 0.2) is 0 Å². The van der Waals surface area contributed by atoms with Crippen LogP contribution in [0.3, 0.4) is 0 Å². The molecule has 6 heteroatoms. The molecule has 1 aliphatic rings. The molecule has 5 nitrogen and oxygen atoms in total. The first-order valence-electron chi connectivity index (χ1n) is 8.31. The minimum Gasteiger partial charge on any atom is -0.454 e. The quantitative estimate of drug-likeness (QED) is 0.692. The van der Waals surface area contributed by atoms with Crippen LogP contribution in [-0.2, 0) is 15.9 Å². The highest BCUT2D eigenvalue weighted by Crippen LogP contribution is 2.34. The van der Waals surface area contributed by atoms with Gasteiger partial charge in [0.25, 0.3) is 0 Å². The summed E-state index contributed by atoms with van der Waals surface area (Å²) in [4.78, 5) is 23.8. The van der Waals surface area contributed by atoms with Crippen molar-refractivity contribution in [3.05, 3.63) is 63.6 Å². The Kier molecular flexibility index (Phi) is 5.05. The predicted molar refractivity (Wildman–Crippen MR) is 102 cm³/mol. The van der Waals surface area contributed by atoms with Crippen LogP contribution in [0.25, 0.3) is 0 Å². The highest BCUT2D eigenvalue weighted by Gasteiger charge is 2.31. The van der Waals surface area contributed by atoms with E-state index in [4.69, 9.17) is 9.47 Å². The van der Waals surface area contributed by atoms with Crippen molar-refractivity contribution >= 4 is 33.7 Å². The number of cyclic esters (lactones) is 1. The van der Waals surface area contributed by atoms with Gasteiger partial charge in [-0.05, 0) is 50.6 Å². The molecule has 0 aromatic heterocycles. The number of nitrogens with one attached hydrogen (secondary N) is 1. The number of amides is 1. The zero-order valence-corrected chi connectivity index (χ0v) is 16.4. The summed E-state index contributed by atoms with van der Waals surface area (Å²) in [6.45, 7) is 5.44. The standard InChI is InChI=1S/C20H20BrNO4/c1-20(2,3)26-19(24)22-14-7-4-12(5-8-14)10-17-15-9-6-13(21)11-16(15)18(23)25-17/h4-9,11,17H,10H2,1-3H3,(H,22,24). The SMILES string of the molecule is CC(C)(C)OC(=O)Nc1ccc(CC2OC(=O)c3cc(Br)ccc32)cc1. The van der Waals surface area contributed by atoms with Gasteiger partial charge in [-0.1, -0.05) is 34.1 Å². The van der Waals surface area contributed by atoms with Crippen molar-refractivity contribution in [3.63, 3.8) is 0 Å². The molecule has 0 radical (unpaired) electrons. The van der Waals surface area contributed by atoms with Gasteiger partial charge < -0.3 is 9.47 Å². The molecule has 1 heterocycles. The van der Waals surface area contributed by atoms with Gasteiger partial charge in [0.2, 0.25) is 0 Å². The number of hydrogen-bond donors (Lipinski definition) is 1. The van der Waals surface area contributed by atoms with Crippen molar-refractivity contribution in [1.29, 1.82) is 0 Å². The number of anilines is 1. The second kappa shape index (κ2) is 7.11. The van der Waals surface area contributed by atoms with Crippen molar-refractivity contribution in [1.82, 2.24) is 0 Å². The Balaban J connectivity index is 1.66. The first kappa shape index (κ1) is 18.5. The Labute approximate surface area is 160 Å². The maximum absolute atomic E-state index is 12.0. The van der Waals surface area contributed by atoms with E-state index in [0.717, 1.165) is 15.6 Å². The Morgan fingerprint density at radius 1 is 1.19 bits per heavy atom. The summed E-state index contributed by atoms with van der Waals surface area (Å²) in [5.41, 5.74) is 2.62. The number of rotatable bonds is 3. The second-order valence-corrected chi connectivity index (χ2v) is 8.07. The van der Waals surface area contributed by atoms with E-state index in [2.05, 4.69) is 21.2 Å². The summed E-state index contributed by atoms with van der Waals surface area (Å²) >= 11 is 3.37. The van der Waals surface area contributed by atoms with E-state index in [-0.39, 0.29) is 12.1 Å². The Bertz CT molecular complexity index is 840. The average Bonchev–Trinajstić information content (AvgIpc) is 2.83. The van der Waals surface area contributed by atoms with Crippen LogP contribution in [0.5, 0.6) is 0 Å². The minimum atomic E-state index is -0.543. The molecule has 1 N–H and O–H groups in total. The van der Waals surface area contributed by atoms with Crippen LogP contribution < -0.4 is 5.32 Å². The fourth-order valence-electron chi connectivity index (χ4n) is 2.75. The molecule has 0 bridgehead atoms. The van der Waals surface area contributed by atoms with Crippen molar-refractivity contribution < 1.29 is 19.1 Å². The normalized spacial score (nSPS) is 16.0. The number of hydrogen-bond acceptors (Lipinski definition) is 4. The predicted octanol–water partition coefficient (Wildman–Crippen LogP) is 5.25. The van der Waals surface area contributed by atoms with E-state index in [1.54, 1.807) is 18.2 Å². The van der Waals surface area contributed by atoms with E-state index >= 15 is 0 Å². The molecule has 1 atom stereocenters. The molecule has 0 saturated carbocycles. The van der Waals surface area contributed by atoms with E-state index in [9.17, 15) is 9.59 Å². The summed E-state index contributed by atoms with van der Waals surface area (Å²) < 4.78 is 11.6. The molecule has 0 spiro atoms. The molecule has 136 valence electrons. The first-order chi connectivity index (χ1) is 12.2. The number of fused-ring (bicyclic) bond motifs is 1. The van der Waals surface area contributed by atoms with Crippen LogP contribution in [0, 0.1) is 0 Å². The van der Waals surface area contributed by atoms with Gasteiger partial charge in [0, 0.05) is 22.1 Å². The lowest BCUT2D eigenvalue weighted by Crippen LogP contribution is -2.27. The summed E-state index contributed by atoms with van der Waals surface area (Å²) in [5.74, 6) is -0.297. The van der Waals surface area contributed by atoms with Gasteiger partial charge >= 0.3 is 12.1 Å². The van der Waals surface area contributed by atoms with Crippen molar-refractivity contribution in [2.45, 2.75) is 38.9 Å². The molecule has 3 rings (SSSR count). The number of carbonyl (C=O) groups excluding carboxylic acids is 2. The molecular weight excluding hydrogens is 398 g/mol. The van der Waals surface area contributed by atoms with Gasteiger partial charge in [0.1, 0.15) is 11.7 Å². The fraction of sp³-hybridized carbons (Fsp3) is 0.300. The van der Waals surface area contributed by atoms with Gasteiger partial charge in [-0.2, -0.15) is 0 Å². The van der Waals surface area contributed by atoms with E-state index in [1.165, 1.54) is 0 Å². The van der Waals surface area contributed by atoms with Gasteiger partial charge in [-0.15, -0.1) is 0 Å². The smallest absolute Gasteiger partial charge is 0.412 e. The lowest BCUT2D eigenvalue weighted by molar-refractivity contribution is 0.0386. The average molecular weight is 418 g/mol. The second-order valence-electron chi connectivity index (χ2n) is 7.15. The van der Waals surface area contributed by atoms with E-state index in [1.807, 2.05) is 45.0 Å². The van der Waals surface area contributed by atoms with Gasteiger partial charge in [-0.3, -0.25) is 5.32 Å². The molecule has 2 aromatic carbocycles. The van der Waals surface area contributed by atoms with Crippen molar-refractivity contribution in [3.8, 4) is 0 Å². The molecule has 2 aromatic rings. The van der Waals surface area contributed by atoms with Gasteiger partial charge in [-0.25, -0.2) is 9.59 Å². The first-order valence-corrected chi connectivity index (χ1v) is 9.10. The van der Waals surface area contributed by atoms with Crippen LogP contribution in [0.2, 0.25) is 0 Å². The summed E-state index contributed by atoms with van der Waals surface area (Å²) in [6.07, 6.45) is -0.211. The zero-order valence-electron chi connectivity index (χ0n) is 14.8. The summed E-state index contributed by atoms with van der Waals surface area (Å²) in [7, 11) is 0. The Hall–Kier alpha value is -2.34. The number of carbonyl (C=O) groups is 2. The monoisotopic (exact) mass is 417 g/mol. The number of halogens is 1. The molecule has 1 unspecified atom stereocenters. The molecule has 26 heavy (non-hydrogen) atoms. The van der Waals surface area contributed by atoms with Crippen molar-refractivity contribution in [2.24, 2.45) is 0 Å². The highest BCUT2D eigenvalue weighted by atomic mass is 79.9. The Morgan fingerprint density at radius 2 is 1.88 bits per heavy atom. The van der Waals surface area contributed by atoms with Crippen LogP contribution >= 0.6 is 15.9 Å². The number of esters is 1. The number of ether oxygens (including phenoxy) is 2. The van der Waals surface area contributed by atoms with Crippen LogP contribution in [0.4, 0.5) is 10.5 Å². The third kappa shape index (κ3) is 4.43. The summed E-state index contributed by atoms with van der Waals surface area (Å²) in [6, 6.07) is 13.0. The maximum atomic E-state index is 12.0. The minimum absolute atomic E-state index is 0.296. The molecule has 0 fully saturated rings. The Morgan fingerprint density at radius 3 is 2.54 bits per heavy atom. The van der Waals surface area contributed by atoms with Gasteiger partial charge in [0.05, 0.1) is 5.56 Å². The largest absolute Gasteiger partial charge is 0.454 e. The summed E-state index contributed by atoms with van der Waals surface area (Å²) in [5, 5.41) is 2.70. The lowest BCUT2D eigenvalue weighted by Gasteiger charge is -2.19. The van der Waals surface area contributed by atoms with Crippen molar-refractivity contribution in [2.75, 3.05) is 5.32 Å². The highest BCUT2D eigenvalue weighted by molar-refractivity contribution is 9.10. The topological polar surface area (TPSA) is 64.6 Å². The molecule has 1 amide bonds. The molecular formula is C20H20BrNO4. The third-order valence-corrected chi connectivity index (χ3v) is 4.34. The van der Waals surface area contributed by atoms with Crippen LogP contribution in [0.15, 0.2) is 46.9 Å². The lowest BCUT2D eigenvalue weighted by atomic mass is 9.99. The number of benzene rings is 2. The van der Waals surface area contributed by atoms with Crippen LogP contribution in [0.1, 0.15) is 48.4 Å². The van der Waals surface area contributed by atoms with E-state index < -0.39 is 11.7 Å². The maximum Gasteiger partial charge on any atom is 0.412 e. The fourth-order valence-corrected chi connectivity index (χ4v) is 3.11. The molecule has 0 saturated heterocycles.